The lowest BCUT2D eigenvalue weighted by atomic mass is 9.87. The van der Waals surface area contributed by atoms with Crippen molar-refractivity contribution in [1.82, 2.24) is 4.72 Å². The molecule has 0 fully saturated rings. The van der Waals surface area contributed by atoms with E-state index >= 15 is 0 Å². The van der Waals surface area contributed by atoms with Crippen LogP contribution in [0, 0.1) is 11.7 Å². The summed E-state index contributed by atoms with van der Waals surface area (Å²) in [6.07, 6.45) is 0.723. The summed E-state index contributed by atoms with van der Waals surface area (Å²) in [6, 6.07) is 3.97. The van der Waals surface area contributed by atoms with Crippen molar-refractivity contribution in [1.29, 1.82) is 0 Å². The van der Waals surface area contributed by atoms with Crippen molar-refractivity contribution >= 4 is 10.0 Å². The topological polar surface area (TPSA) is 66.4 Å². The molecular weight excluding hydrogens is 281 g/mol. The fourth-order valence-electron chi connectivity index (χ4n) is 2.04. The highest BCUT2D eigenvalue weighted by molar-refractivity contribution is 7.89. The first-order valence-corrected chi connectivity index (χ1v) is 8.06. The van der Waals surface area contributed by atoms with E-state index < -0.39 is 27.5 Å². The number of nitrogens with one attached hydrogen (secondary N) is 1. The van der Waals surface area contributed by atoms with Crippen LogP contribution in [0.4, 0.5) is 4.39 Å². The van der Waals surface area contributed by atoms with Crippen molar-refractivity contribution in [2.24, 2.45) is 5.92 Å². The second-order valence-corrected chi connectivity index (χ2v) is 7.31. The van der Waals surface area contributed by atoms with Gasteiger partial charge in [0.1, 0.15) is 5.82 Å². The molecule has 2 N–H and O–H groups in total. The Labute approximate surface area is 120 Å². The van der Waals surface area contributed by atoms with Gasteiger partial charge in [0.2, 0.25) is 10.0 Å². The van der Waals surface area contributed by atoms with Gasteiger partial charge >= 0.3 is 0 Å². The molecule has 114 valence electrons. The van der Waals surface area contributed by atoms with Crippen LogP contribution in [0.3, 0.4) is 0 Å². The van der Waals surface area contributed by atoms with Gasteiger partial charge in [0.05, 0.1) is 16.5 Å². The third-order valence-corrected chi connectivity index (χ3v) is 4.84. The van der Waals surface area contributed by atoms with Crippen LogP contribution in [0.15, 0.2) is 29.2 Å². The highest BCUT2D eigenvalue weighted by Crippen LogP contribution is 2.22. The zero-order valence-corrected chi connectivity index (χ0v) is 13.0. The van der Waals surface area contributed by atoms with Crippen molar-refractivity contribution < 1.29 is 17.9 Å². The van der Waals surface area contributed by atoms with Gasteiger partial charge < -0.3 is 5.11 Å². The first-order chi connectivity index (χ1) is 9.08. The maximum absolute atomic E-state index is 12.9. The lowest BCUT2D eigenvalue weighted by Gasteiger charge is -2.34. The minimum Gasteiger partial charge on any atom is -0.389 e. The number of sulfonamides is 1. The van der Waals surface area contributed by atoms with Crippen molar-refractivity contribution in [3.05, 3.63) is 30.1 Å². The van der Waals surface area contributed by atoms with Gasteiger partial charge in [-0.05, 0) is 44.0 Å². The van der Waals surface area contributed by atoms with Gasteiger partial charge in [-0.3, -0.25) is 0 Å². The molecule has 2 atom stereocenters. The average Bonchev–Trinajstić information content (AvgIpc) is 2.34. The normalized spacial score (nSPS) is 15.9. The Balaban J connectivity index is 3.06. The maximum Gasteiger partial charge on any atom is 0.240 e. The molecule has 0 saturated carbocycles. The number of rotatable bonds is 6. The fraction of sp³-hybridized carbons (Fsp3) is 0.571. The van der Waals surface area contributed by atoms with E-state index in [1.54, 1.807) is 13.8 Å². The van der Waals surface area contributed by atoms with Crippen LogP contribution in [0.25, 0.3) is 0 Å². The van der Waals surface area contributed by atoms with Crippen LogP contribution < -0.4 is 4.72 Å². The van der Waals surface area contributed by atoms with Gasteiger partial charge in [-0.1, -0.05) is 20.3 Å². The van der Waals surface area contributed by atoms with Gasteiger partial charge in [-0.25, -0.2) is 17.5 Å². The summed E-state index contributed by atoms with van der Waals surface area (Å²) in [6.45, 7) is 6.93. The summed E-state index contributed by atoms with van der Waals surface area (Å²) < 4.78 is 39.9. The zero-order valence-electron chi connectivity index (χ0n) is 12.2. The summed E-state index contributed by atoms with van der Waals surface area (Å²) in [5.41, 5.74) is -1.19. The molecule has 6 heteroatoms. The van der Waals surface area contributed by atoms with Crippen molar-refractivity contribution in [2.75, 3.05) is 0 Å². The number of hydrogen-bond donors (Lipinski definition) is 2. The molecule has 0 spiro atoms. The van der Waals surface area contributed by atoms with Crippen LogP contribution in [-0.4, -0.2) is 25.2 Å². The smallest absolute Gasteiger partial charge is 0.240 e. The van der Waals surface area contributed by atoms with Gasteiger partial charge in [-0.2, -0.15) is 0 Å². The quantitative estimate of drug-likeness (QED) is 0.847. The summed E-state index contributed by atoms with van der Waals surface area (Å²) in [5.74, 6) is -0.532. The van der Waals surface area contributed by atoms with Crippen molar-refractivity contribution in [3.8, 4) is 0 Å². The molecule has 1 aromatic carbocycles. The summed E-state index contributed by atoms with van der Waals surface area (Å²) in [7, 11) is -3.79. The van der Waals surface area contributed by atoms with Crippen LogP contribution >= 0.6 is 0 Å². The molecule has 0 aliphatic rings. The third-order valence-electron chi connectivity index (χ3n) is 3.38. The van der Waals surface area contributed by atoms with E-state index in [0.29, 0.717) is 0 Å². The van der Waals surface area contributed by atoms with Crippen molar-refractivity contribution in [3.63, 3.8) is 0 Å². The third kappa shape index (κ3) is 4.26. The van der Waals surface area contributed by atoms with E-state index in [1.807, 2.05) is 13.8 Å². The SMILES string of the molecule is CCC(C)C(NS(=O)(=O)c1ccc(F)cc1)C(C)(C)O. The molecule has 0 aromatic heterocycles. The molecule has 1 aromatic rings. The Hall–Kier alpha value is -0.980. The molecular formula is C14H22FNO3S. The van der Waals surface area contributed by atoms with E-state index in [4.69, 9.17) is 0 Å². The Bertz CT molecular complexity index is 535. The van der Waals surface area contributed by atoms with E-state index in [9.17, 15) is 17.9 Å². The van der Waals surface area contributed by atoms with Gasteiger partial charge in [-0.15, -0.1) is 0 Å². The second-order valence-electron chi connectivity index (χ2n) is 5.59. The molecule has 0 bridgehead atoms. The first kappa shape index (κ1) is 17.1. The molecule has 0 radical (unpaired) electrons. The molecule has 1 rings (SSSR count). The molecule has 0 amide bonds. The van der Waals surface area contributed by atoms with Crippen LogP contribution in [-0.2, 0) is 10.0 Å². The molecule has 0 aliphatic carbocycles. The van der Waals surface area contributed by atoms with E-state index in [0.717, 1.165) is 18.6 Å². The zero-order chi connectivity index (χ0) is 15.6. The maximum atomic E-state index is 12.9. The van der Waals surface area contributed by atoms with Crippen LogP contribution in [0.5, 0.6) is 0 Å². The summed E-state index contributed by atoms with van der Waals surface area (Å²) >= 11 is 0. The van der Waals surface area contributed by atoms with Gasteiger partial charge in [0.15, 0.2) is 0 Å². The molecule has 20 heavy (non-hydrogen) atoms. The lowest BCUT2D eigenvalue weighted by molar-refractivity contribution is 0.0257. The monoisotopic (exact) mass is 303 g/mol. The number of hydrogen-bond acceptors (Lipinski definition) is 3. The molecule has 0 aliphatic heterocycles. The minimum absolute atomic E-state index is 0.0172. The highest BCUT2D eigenvalue weighted by Gasteiger charge is 2.34. The Morgan fingerprint density at radius 3 is 2.20 bits per heavy atom. The lowest BCUT2D eigenvalue weighted by Crippen LogP contribution is -2.52. The highest BCUT2D eigenvalue weighted by atomic mass is 32.2. The van der Waals surface area contributed by atoms with Crippen molar-refractivity contribution in [2.45, 2.75) is 50.7 Å². The molecule has 0 saturated heterocycles. The second kappa shape index (κ2) is 6.20. The summed E-state index contributed by atoms with van der Waals surface area (Å²) in [4.78, 5) is -0.0172. The Morgan fingerprint density at radius 2 is 1.80 bits per heavy atom. The first-order valence-electron chi connectivity index (χ1n) is 6.58. The van der Waals surface area contributed by atoms with Gasteiger partial charge in [0.25, 0.3) is 0 Å². The fourth-order valence-corrected chi connectivity index (χ4v) is 3.53. The Morgan fingerprint density at radius 1 is 1.30 bits per heavy atom. The Kier molecular flexibility index (Phi) is 5.29. The average molecular weight is 303 g/mol. The molecule has 4 nitrogen and oxygen atoms in total. The minimum atomic E-state index is -3.79. The standard InChI is InChI=1S/C14H22FNO3S/c1-5-10(2)13(14(3,4)17)16-20(18,19)12-8-6-11(15)7-9-12/h6-10,13,16-17H,5H2,1-4H3. The van der Waals surface area contributed by atoms with Crippen LogP contribution in [0.2, 0.25) is 0 Å². The van der Waals surface area contributed by atoms with Crippen LogP contribution in [0.1, 0.15) is 34.1 Å². The predicted molar refractivity (Wildman–Crippen MR) is 76.3 cm³/mol. The largest absolute Gasteiger partial charge is 0.389 e. The van der Waals surface area contributed by atoms with E-state index in [1.165, 1.54) is 12.1 Å². The number of halogens is 1. The van der Waals surface area contributed by atoms with E-state index in [-0.39, 0.29) is 10.8 Å². The summed E-state index contributed by atoms with van der Waals surface area (Å²) in [5, 5.41) is 10.1. The molecule has 2 unspecified atom stereocenters. The number of aliphatic hydroxyl groups is 1. The van der Waals surface area contributed by atoms with E-state index in [2.05, 4.69) is 4.72 Å². The van der Waals surface area contributed by atoms with Gasteiger partial charge in [0, 0.05) is 0 Å². The predicted octanol–water partition coefficient (Wildman–Crippen LogP) is 2.29. The number of benzene rings is 1. The molecule has 0 heterocycles.